The van der Waals surface area contributed by atoms with Crippen LogP contribution < -0.4 is 5.01 Å². The molecule has 0 aliphatic carbocycles. The molecule has 0 radical (unpaired) electrons. The maximum atomic E-state index is 14.2. The summed E-state index contributed by atoms with van der Waals surface area (Å²) >= 11 is 0. The van der Waals surface area contributed by atoms with Gasteiger partial charge in [-0.2, -0.15) is 33.2 Å². The van der Waals surface area contributed by atoms with Crippen molar-refractivity contribution in [2.24, 2.45) is 0 Å². The number of aromatic nitrogens is 5. The quantitative estimate of drug-likeness (QED) is 0.320. The van der Waals surface area contributed by atoms with Gasteiger partial charge in [-0.1, -0.05) is 30.3 Å². The number of hydrogen-bond acceptors (Lipinski definition) is 6. The largest absolute Gasteiger partial charge is 0.478 e. The molecule has 5 aromatic rings. The fourth-order valence-corrected chi connectivity index (χ4v) is 3.93. The first kappa shape index (κ1) is 25.3. The summed E-state index contributed by atoms with van der Waals surface area (Å²) in [5, 5.41) is 21.9. The minimum Gasteiger partial charge on any atom is -0.478 e. The second kappa shape index (κ2) is 10.2. The van der Waals surface area contributed by atoms with E-state index in [-0.39, 0.29) is 22.6 Å². The Hall–Kier alpha value is -5.39. The van der Waals surface area contributed by atoms with E-state index >= 15 is 0 Å². The van der Waals surface area contributed by atoms with Crippen LogP contribution in [0, 0.1) is 0 Å². The van der Waals surface area contributed by atoms with Crippen molar-refractivity contribution in [3.05, 3.63) is 114 Å². The highest BCUT2D eigenvalue weighted by Crippen LogP contribution is 2.34. The Kier molecular flexibility index (Phi) is 6.59. The third-order valence-electron chi connectivity index (χ3n) is 5.67. The zero-order chi connectivity index (χ0) is 27.6. The fraction of sp³-hybridized carbons (Fsp3) is 0.0370. The molecule has 0 bridgehead atoms. The van der Waals surface area contributed by atoms with E-state index in [1.807, 2.05) is 0 Å². The molecule has 0 atom stereocenters. The molecule has 3 aromatic heterocycles. The Morgan fingerprint density at radius 1 is 0.872 bits per heavy atom. The number of anilines is 1. The van der Waals surface area contributed by atoms with Gasteiger partial charge in [-0.15, -0.1) is 5.10 Å². The van der Waals surface area contributed by atoms with E-state index in [2.05, 4.69) is 20.3 Å². The average Bonchev–Trinajstić information content (AvgIpc) is 3.40. The van der Waals surface area contributed by atoms with E-state index in [0.717, 1.165) is 6.07 Å². The van der Waals surface area contributed by atoms with Gasteiger partial charge in [0.1, 0.15) is 0 Å². The molecule has 194 valence electrons. The lowest BCUT2D eigenvalue weighted by molar-refractivity contribution is -0.143. The molecule has 1 N–H and O–H groups in total. The van der Waals surface area contributed by atoms with Crippen LogP contribution in [0.5, 0.6) is 0 Å². The maximum Gasteiger partial charge on any atom is 0.435 e. The smallest absolute Gasteiger partial charge is 0.435 e. The number of benzene rings is 2. The summed E-state index contributed by atoms with van der Waals surface area (Å²) in [6.07, 6.45) is -0.762. The van der Waals surface area contributed by atoms with Gasteiger partial charge < -0.3 is 5.11 Å². The summed E-state index contributed by atoms with van der Waals surface area (Å²) in [5.74, 6) is -2.29. The van der Waals surface area contributed by atoms with Gasteiger partial charge in [-0.25, -0.2) is 4.79 Å². The monoisotopic (exact) mass is 530 g/mol. The van der Waals surface area contributed by atoms with E-state index in [4.69, 9.17) is 0 Å². The van der Waals surface area contributed by atoms with Crippen LogP contribution in [0.15, 0.2) is 97.5 Å². The van der Waals surface area contributed by atoms with Gasteiger partial charge in [0.05, 0.1) is 11.3 Å². The number of carboxylic acids is 1. The third kappa shape index (κ3) is 5.07. The summed E-state index contributed by atoms with van der Waals surface area (Å²) in [6.45, 7) is 0. The number of halogens is 3. The Morgan fingerprint density at radius 2 is 1.64 bits per heavy atom. The molecule has 12 heteroatoms. The highest BCUT2D eigenvalue weighted by Gasteiger charge is 2.40. The summed E-state index contributed by atoms with van der Waals surface area (Å²) in [4.78, 5) is 30.0. The molecule has 5 rings (SSSR count). The predicted octanol–water partition coefficient (Wildman–Crippen LogP) is 5.23. The Balaban J connectivity index is 1.67. The van der Waals surface area contributed by atoms with Gasteiger partial charge in [0.2, 0.25) is 0 Å². The molecule has 0 aliphatic rings. The summed E-state index contributed by atoms with van der Waals surface area (Å²) in [6, 6.07) is 18.7. The van der Waals surface area contributed by atoms with Crippen LogP contribution in [0.3, 0.4) is 0 Å². The van der Waals surface area contributed by atoms with Crippen molar-refractivity contribution in [1.82, 2.24) is 25.1 Å². The van der Waals surface area contributed by atoms with Crippen LogP contribution in [0.2, 0.25) is 0 Å². The number of pyridine rings is 1. The topological polar surface area (TPSA) is 114 Å². The number of aromatic carboxylic acids is 1. The van der Waals surface area contributed by atoms with Crippen molar-refractivity contribution >= 4 is 17.7 Å². The Morgan fingerprint density at radius 3 is 2.33 bits per heavy atom. The first-order chi connectivity index (χ1) is 18.7. The molecule has 0 saturated carbocycles. The third-order valence-corrected chi connectivity index (χ3v) is 5.67. The lowest BCUT2D eigenvalue weighted by atomic mass is 9.98. The van der Waals surface area contributed by atoms with Crippen LogP contribution in [0.4, 0.5) is 19.0 Å². The zero-order valence-electron chi connectivity index (χ0n) is 19.8. The fourth-order valence-electron chi connectivity index (χ4n) is 3.93. The molecule has 0 unspecified atom stereocenters. The van der Waals surface area contributed by atoms with Crippen LogP contribution in [0.1, 0.15) is 26.4 Å². The first-order valence-electron chi connectivity index (χ1n) is 11.4. The molecular weight excluding hydrogens is 513 g/mol. The number of hydrogen-bond donors (Lipinski definition) is 1. The van der Waals surface area contributed by atoms with E-state index in [1.54, 1.807) is 30.3 Å². The zero-order valence-corrected chi connectivity index (χ0v) is 19.8. The van der Waals surface area contributed by atoms with E-state index < -0.39 is 23.7 Å². The van der Waals surface area contributed by atoms with E-state index in [1.165, 1.54) is 61.1 Å². The van der Waals surface area contributed by atoms with E-state index in [9.17, 15) is 27.9 Å². The predicted molar refractivity (Wildman–Crippen MR) is 134 cm³/mol. The summed E-state index contributed by atoms with van der Waals surface area (Å²) in [7, 11) is 0. The van der Waals surface area contributed by atoms with Gasteiger partial charge in [0, 0.05) is 29.7 Å². The van der Waals surface area contributed by atoms with Crippen molar-refractivity contribution in [1.29, 1.82) is 0 Å². The SMILES string of the molecule is O=C(O)c1ccccc1-c1cccc(C(=O)N(c2cccnn2)n2nc(-c3cccnc3)cc2C(F)(F)F)c1. The molecule has 9 nitrogen and oxygen atoms in total. The highest BCUT2D eigenvalue weighted by molar-refractivity contribution is 6.06. The lowest BCUT2D eigenvalue weighted by Crippen LogP contribution is -2.40. The molecule has 39 heavy (non-hydrogen) atoms. The maximum absolute atomic E-state index is 14.2. The first-order valence-corrected chi connectivity index (χ1v) is 11.4. The molecule has 2 aromatic carbocycles. The molecule has 1 amide bonds. The van der Waals surface area contributed by atoms with Crippen LogP contribution in [-0.2, 0) is 6.18 Å². The van der Waals surface area contributed by atoms with Crippen molar-refractivity contribution in [2.75, 3.05) is 5.01 Å². The van der Waals surface area contributed by atoms with Gasteiger partial charge in [0.25, 0.3) is 5.91 Å². The highest BCUT2D eigenvalue weighted by atomic mass is 19.4. The molecule has 0 fully saturated rings. The molecule has 0 spiro atoms. The van der Waals surface area contributed by atoms with Gasteiger partial charge >= 0.3 is 12.1 Å². The Labute approximate surface area is 218 Å². The number of carbonyl (C=O) groups is 2. The van der Waals surface area contributed by atoms with Crippen molar-refractivity contribution in [3.63, 3.8) is 0 Å². The normalized spacial score (nSPS) is 11.3. The standard InChI is InChI=1S/C27H17F3N6O3/c28-27(29,30)23-15-22(19-8-4-12-31-16-19)34-36(23)35(24-11-5-13-32-33-24)25(37)18-7-3-6-17(14-18)20-9-1-2-10-21(20)26(38)39/h1-16H,(H,38,39). The van der Waals surface area contributed by atoms with Crippen molar-refractivity contribution < 1.29 is 27.9 Å². The number of carboxylic acid groups (broad SMARTS) is 1. The number of amides is 1. The number of carbonyl (C=O) groups excluding carboxylic acids is 1. The Bertz CT molecular complexity index is 1660. The lowest BCUT2D eigenvalue weighted by Gasteiger charge is -2.23. The second-order valence-corrected chi connectivity index (χ2v) is 8.17. The van der Waals surface area contributed by atoms with Crippen LogP contribution in [-0.4, -0.2) is 42.1 Å². The van der Waals surface area contributed by atoms with Gasteiger partial charge in [0.15, 0.2) is 11.5 Å². The number of alkyl halides is 3. The molecule has 0 saturated heterocycles. The summed E-state index contributed by atoms with van der Waals surface area (Å²) < 4.78 is 42.7. The number of rotatable bonds is 6. The molecule has 3 heterocycles. The molecular formula is C27H17F3N6O3. The second-order valence-electron chi connectivity index (χ2n) is 8.17. The van der Waals surface area contributed by atoms with Gasteiger partial charge in [-0.05, 0) is 59.7 Å². The minimum atomic E-state index is -4.89. The summed E-state index contributed by atoms with van der Waals surface area (Å²) in [5.41, 5.74) is -0.315. The van der Waals surface area contributed by atoms with E-state index in [0.29, 0.717) is 26.5 Å². The van der Waals surface area contributed by atoms with Crippen molar-refractivity contribution in [2.45, 2.75) is 6.18 Å². The average molecular weight is 530 g/mol. The van der Waals surface area contributed by atoms with Gasteiger partial charge in [-0.3, -0.25) is 9.78 Å². The van der Waals surface area contributed by atoms with Crippen LogP contribution >= 0.6 is 0 Å². The number of nitrogens with zero attached hydrogens (tertiary/aromatic N) is 6. The molecule has 0 aliphatic heterocycles. The minimum absolute atomic E-state index is 0.000396. The van der Waals surface area contributed by atoms with Crippen molar-refractivity contribution in [3.8, 4) is 22.4 Å². The van der Waals surface area contributed by atoms with Crippen LogP contribution in [0.25, 0.3) is 22.4 Å².